The predicted octanol–water partition coefficient (Wildman–Crippen LogP) is 3.54. The van der Waals surface area contributed by atoms with Crippen LogP contribution < -0.4 is 0 Å². The third kappa shape index (κ3) is 6.09. The summed E-state index contributed by atoms with van der Waals surface area (Å²) < 4.78 is 0. The molecule has 0 unspecified atom stereocenters. The second kappa shape index (κ2) is 6.42. The topological polar surface area (TPSA) is 3.24 Å². The Hall–Kier alpha value is -0.0400. The summed E-state index contributed by atoms with van der Waals surface area (Å²) in [5.41, 5.74) is 0. The Morgan fingerprint density at radius 2 is 1.31 bits per heavy atom. The molecule has 1 heteroatoms. The molecule has 0 saturated carbocycles. The van der Waals surface area contributed by atoms with Crippen LogP contribution in [0.25, 0.3) is 0 Å². The molecule has 0 aromatic rings. The molecule has 1 nitrogen and oxygen atoms in total. The number of nitrogens with zero attached hydrogens (tertiary/aromatic N) is 1. The highest BCUT2D eigenvalue weighted by molar-refractivity contribution is 4.67. The van der Waals surface area contributed by atoms with E-state index in [0.717, 1.165) is 5.92 Å². The maximum Gasteiger partial charge on any atom is 0.00412 e. The maximum absolute atomic E-state index is 2.57. The summed E-state index contributed by atoms with van der Waals surface area (Å²) in [5.74, 6) is 0.848. The van der Waals surface area contributed by atoms with Gasteiger partial charge in [0.25, 0.3) is 0 Å². The summed E-state index contributed by atoms with van der Waals surface area (Å²) in [6.07, 6.45) is 2.70. The summed E-state index contributed by atoms with van der Waals surface area (Å²) in [5, 5.41) is 0. The molecular formula is C12H27N. The van der Waals surface area contributed by atoms with Crippen LogP contribution in [-0.4, -0.2) is 23.5 Å². The molecule has 0 aliphatic carbocycles. The lowest BCUT2D eigenvalue weighted by atomic mass is 10.1. The van der Waals surface area contributed by atoms with Crippen molar-refractivity contribution in [2.45, 2.75) is 66.5 Å². The van der Waals surface area contributed by atoms with Crippen LogP contribution in [0.2, 0.25) is 0 Å². The zero-order valence-electron chi connectivity index (χ0n) is 10.3. The lowest BCUT2D eigenvalue weighted by Gasteiger charge is -2.30. The normalized spacial score (nSPS) is 12.5. The van der Waals surface area contributed by atoms with E-state index < -0.39 is 0 Å². The summed E-state index contributed by atoms with van der Waals surface area (Å²) in [7, 11) is 0. The SMILES string of the molecule is CC(C)CCCN(C(C)C)C(C)C. The first kappa shape index (κ1) is 13.0. The predicted molar refractivity (Wildman–Crippen MR) is 61.1 cm³/mol. The van der Waals surface area contributed by atoms with Crippen LogP contribution in [0, 0.1) is 5.92 Å². The first-order valence-corrected chi connectivity index (χ1v) is 5.70. The summed E-state index contributed by atoms with van der Waals surface area (Å²) in [4.78, 5) is 2.57. The molecule has 0 fully saturated rings. The summed E-state index contributed by atoms with van der Waals surface area (Å²) in [6.45, 7) is 15.0. The van der Waals surface area contributed by atoms with Gasteiger partial charge in [-0.25, -0.2) is 0 Å². The molecule has 0 spiro atoms. The first-order valence-electron chi connectivity index (χ1n) is 5.70. The highest BCUT2D eigenvalue weighted by atomic mass is 15.2. The molecule has 0 aliphatic heterocycles. The molecule has 0 aromatic heterocycles. The van der Waals surface area contributed by atoms with E-state index in [9.17, 15) is 0 Å². The Bertz CT molecular complexity index is 108. The first-order chi connectivity index (χ1) is 5.95. The van der Waals surface area contributed by atoms with E-state index in [1.165, 1.54) is 19.4 Å². The molecule has 0 heterocycles. The standard InChI is InChI=1S/C12H27N/c1-10(2)8-7-9-13(11(3)4)12(5)6/h10-12H,7-9H2,1-6H3. The Morgan fingerprint density at radius 1 is 0.846 bits per heavy atom. The Labute approximate surface area is 84.5 Å². The second-order valence-corrected chi connectivity index (χ2v) is 4.96. The van der Waals surface area contributed by atoms with Crippen molar-refractivity contribution in [3.8, 4) is 0 Å². The molecule has 0 aromatic carbocycles. The molecule has 0 saturated heterocycles. The third-order valence-electron chi connectivity index (χ3n) is 2.52. The van der Waals surface area contributed by atoms with Gasteiger partial charge in [-0.2, -0.15) is 0 Å². The van der Waals surface area contributed by atoms with Gasteiger partial charge in [0.15, 0.2) is 0 Å². The average molecular weight is 185 g/mol. The fourth-order valence-electron chi connectivity index (χ4n) is 1.79. The third-order valence-corrected chi connectivity index (χ3v) is 2.52. The number of rotatable bonds is 6. The van der Waals surface area contributed by atoms with Crippen molar-refractivity contribution in [1.29, 1.82) is 0 Å². The molecule has 0 amide bonds. The van der Waals surface area contributed by atoms with E-state index in [0.29, 0.717) is 12.1 Å². The lowest BCUT2D eigenvalue weighted by molar-refractivity contribution is 0.169. The van der Waals surface area contributed by atoms with E-state index in [1.807, 2.05) is 0 Å². The fraction of sp³-hybridized carbons (Fsp3) is 1.00. The van der Waals surface area contributed by atoms with Gasteiger partial charge in [-0.3, -0.25) is 4.90 Å². The average Bonchev–Trinajstić information content (AvgIpc) is 1.95. The van der Waals surface area contributed by atoms with Crippen molar-refractivity contribution in [2.75, 3.05) is 6.54 Å². The van der Waals surface area contributed by atoms with Gasteiger partial charge in [-0.1, -0.05) is 13.8 Å². The van der Waals surface area contributed by atoms with Gasteiger partial charge in [-0.15, -0.1) is 0 Å². The van der Waals surface area contributed by atoms with E-state index in [-0.39, 0.29) is 0 Å². The molecule has 13 heavy (non-hydrogen) atoms. The van der Waals surface area contributed by atoms with Crippen LogP contribution in [-0.2, 0) is 0 Å². The van der Waals surface area contributed by atoms with Gasteiger partial charge < -0.3 is 0 Å². The molecular weight excluding hydrogens is 158 g/mol. The van der Waals surface area contributed by atoms with Crippen molar-refractivity contribution in [3.05, 3.63) is 0 Å². The minimum absolute atomic E-state index is 0.687. The molecule has 0 bridgehead atoms. The Kier molecular flexibility index (Phi) is 6.40. The zero-order valence-corrected chi connectivity index (χ0v) is 10.3. The number of hydrogen-bond donors (Lipinski definition) is 0. The molecule has 0 N–H and O–H groups in total. The summed E-state index contributed by atoms with van der Waals surface area (Å²) in [6, 6.07) is 1.37. The molecule has 0 rings (SSSR count). The van der Waals surface area contributed by atoms with Crippen molar-refractivity contribution in [2.24, 2.45) is 5.92 Å². The molecule has 0 radical (unpaired) electrons. The van der Waals surface area contributed by atoms with E-state index in [1.54, 1.807) is 0 Å². The van der Waals surface area contributed by atoms with Gasteiger partial charge in [0.2, 0.25) is 0 Å². The van der Waals surface area contributed by atoms with Gasteiger partial charge in [0, 0.05) is 12.1 Å². The largest absolute Gasteiger partial charge is 0.299 e. The van der Waals surface area contributed by atoms with Crippen LogP contribution in [0.5, 0.6) is 0 Å². The molecule has 80 valence electrons. The van der Waals surface area contributed by atoms with Crippen LogP contribution in [0.3, 0.4) is 0 Å². The minimum Gasteiger partial charge on any atom is -0.299 e. The van der Waals surface area contributed by atoms with Crippen molar-refractivity contribution in [1.82, 2.24) is 4.90 Å². The molecule has 0 aliphatic rings. The fourth-order valence-corrected chi connectivity index (χ4v) is 1.79. The molecule has 0 atom stereocenters. The van der Waals surface area contributed by atoms with Crippen molar-refractivity contribution < 1.29 is 0 Å². The van der Waals surface area contributed by atoms with Crippen LogP contribution in [0.15, 0.2) is 0 Å². The second-order valence-electron chi connectivity index (χ2n) is 4.96. The highest BCUT2D eigenvalue weighted by Crippen LogP contribution is 2.09. The van der Waals surface area contributed by atoms with Crippen molar-refractivity contribution in [3.63, 3.8) is 0 Å². The summed E-state index contributed by atoms with van der Waals surface area (Å²) >= 11 is 0. The minimum atomic E-state index is 0.687. The maximum atomic E-state index is 2.57. The Balaban J connectivity index is 3.70. The smallest absolute Gasteiger partial charge is 0.00412 e. The van der Waals surface area contributed by atoms with E-state index in [2.05, 4.69) is 46.4 Å². The van der Waals surface area contributed by atoms with Crippen LogP contribution >= 0.6 is 0 Å². The highest BCUT2D eigenvalue weighted by Gasteiger charge is 2.12. The van der Waals surface area contributed by atoms with Gasteiger partial charge in [-0.05, 0) is 53.0 Å². The monoisotopic (exact) mass is 185 g/mol. The van der Waals surface area contributed by atoms with Gasteiger partial charge in [0.1, 0.15) is 0 Å². The zero-order chi connectivity index (χ0) is 10.4. The number of hydrogen-bond acceptors (Lipinski definition) is 1. The van der Waals surface area contributed by atoms with Crippen molar-refractivity contribution >= 4 is 0 Å². The quantitative estimate of drug-likeness (QED) is 0.612. The van der Waals surface area contributed by atoms with Crippen LogP contribution in [0.4, 0.5) is 0 Å². The van der Waals surface area contributed by atoms with Crippen LogP contribution in [0.1, 0.15) is 54.4 Å². The van der Waals surface area contributed by atoms with E-state index in [4.69, 9.17) is 0 Å². The van der Waals surface area contributed by atoms with E-state index >= 15 is 0 Å². The van der Waals surface area contributed by atoms with Gasteiger partial charge >= 0.3 is 0 Å². The Morgan fingerprint density at radius 3 is 1.62 bits per heavy atom. The van der Waals surface area contributed by atoms with Gasteiger partial charge in [0.05, 0.1) is 0 Å². The lowest BCUT2D eigenvalue weighted by Crippen LogP contribution is -2.37.